The van der Waals surface area contributed by atoms with Gasteiger partial charge in [0.1, 0.15) is 17.3 Å². The molecular formula is C34H42F3N7O2. The van der Waals surface area contributed by atoms with Gasteiger partial charge in [-0.3, -0.25) is 14.6 Å². The highest BCUT2D eigenvalue weighted by molar-refractivity contribution is 6.06. The van der Waals surface area contributed by atoms with Crippen molar-refractivity contribution < 1.29 is 22.8 Å². The lowest BCUT2D eigenvalue weighted by molar-refractivity contribution is -0.137. The van der Waals surface area contributed by atoms with Crippen LogP contribution in [0.4, 0.5) is 19.0 Å². The van der Waals surface area contributed by atoms with Crippen molar-refractivity contribution in [2.45, 2.75) is 72.4 Å². The molecule has 3 N–H and O–H groups in total. The van der Waals surface area contributed by atoms with Gasteiger partial charge in [0.25, 0.3) is 5.91 Å². The summed E-state index contributed by atoms with van der Waals surface area (Å²) in [6.45, 7) is 15.8. The zero-order chi connectivity index (χ0) is 33.8. The minimum Gasteiger partial charge on any atom is -0.382 e. The van der Waals surface area contributed by atoms with E-state index in [1.54, 1.807) is 18.5 Å². The third-order valence-electron chi connectivity index (χ3n) is 8.54. The number of nitrogens with two attached hydrogens (primary N) is 1. The van der Waals surface area contributed by atoms with Gasteiger partial charge in [0, 0.05) is 61.5 Å². The van der Waals surface area contributed by atoms with E-state index >= 15 is 0 Å². The Bertz CT molecular complexity index is 1580. The van der Waals surface area contributed by atoms with E-state index in [1.807, 2.05) is 36.8 Å². The van der Waals surface area contributed by atoms with Gasteiger partial charge in [-0.05, 0) is 60.4 Å². The molecule has 4 heterocycles. The molecule has 12 heteroatoms. The number of rotatable bonds is 9. The normalized spacial score (nSPS) is 18.7. The second kappa shape index (κ2) is 14.3. The van der Waals surface area contributed by atoms with Gasteiger partial charge in [0.15, 0.2) is 0 Å². The van der Waals surface area contributed by atoms with Crippen molar-refractivity contribution in [1.82, 2.24) is 19.8 Å². The van der Waals surface area contributed by atoms with Crippen LogP contribution < -0.4 is 11.1 Å². The molecule has 1 saturated heterocycles. The van der Waals surface area contributed by atoms with E-state index in [0.717, 1.165) is 66.5 Å². The van der Waals surface area contributed by atoms with Gasteiger partial charge < -0.3 is 20.9 Å². The van der Waals surface area contributed by atoms with Crippen LogP contribution in [0, 0.1) is 11.8 Å². The maximum Gasteiger partial charge on any atom is 0.416 e. The van der Waals surface area contributed by atoms with Crippen LogP contribution in [0.3, 0.4) is 0 Å². The fourth-order valence-electron chi connectivity index (χ4n) is 5.83. The number of hydrogen-bond acceptors (Lipinski definition) is 7. The predicted octanol–water partition coefficient (Wildman–Crippen LogP) is 6.93. The second-order valence-corrected chi connectivity index (χ2v) is 12.0. The molecule has 2 aromatic rings. The summed E-state index contributed by atoms with van der Waals surface area (Å²) in [5.74, 6) is -0.536. The average molecular weight is 638 g/mol. The summed E-state index contributed by atoms with van der Waals surface area (Å²) >= 11 is 0. The van der Waals surface area contributed by atoms with Crippen molar-refractivity contribution in [3.05, 3.63) is 83.3 Å². The highest BCUT2D eigenvalue weighted by Gasteiger charge is 2.33. The van der Waals surface area contributed by atoms with Crippen LogP contribution in [0.1, 0.15) is 93.4 Å². The number of aromatic nitrogens is 2. The van der Waals surface area contributed by atoms with Gasteiger partial charge in [-0.25, -0.2) is 9.98 Å². The minimum absolute atomic E-state index is 0.0108. The SMILES string of the molecule is C=C(C1CCCN(C(=O)CC)C1)N1C=CN=C(N)/C1=C(\c1cnc(C(=O)Nc2cc(C(F)(F)F)ccn2)cc1C(C)C)C(C)CC. The summed E-state index contributed by atoms with van der Waals surface area (Å²) in [6.07, 6.45) is 4.46. The number of allylic oxidation sites excluding steroid dienone is 1. The van der Waals surface area contributed by atoms with E-state index in [4.69, 9.17) is 5.73 Å². The molecule has 9 nitrogen and oxygen atoms in total. The van der Waals surface area contributed by atoms with Crippen LogP contribution in [0.5, 0.6) is 0 Å². The first-order chi connectivity index (χ1) is 21.8. The molecule has 2 unspecified atom stereocenters. The third kappa shape index (κ3) is 7.48. The number of likely N-dealkylation sites (tertiary alicyclic amines) is 1. The lowest BCUT2D eigenvalue weighted by Gasteiger charge is -2.39. The van der Waals surface area contributed by atoms with Crippen molar-refractivity contribution in [2.24, 2.45) is 22.6 Å². The Balaban J connectivity index is 1.76. The van der Waals surface area contributed by atoms with E-state index in [0.29, 0.717) is 24.5 Å². The van der Waals surface area contributed by atoms with Gasteiger partial charge in [0.05, 0.1) is 11.3 Å². The molecule has 2 aromatic heterocycles. The molecule has 0 aromatic carbocycles. The predicted molar refractivity (Wildman–Crippen MR) is 173 cm³/mol. The van der Waals surface area contributed by atoms with Crippen LogP contribution in [0.25, 0.3) is 5.57 Å². The zero-order valence-electron chi connectivity index (χ0n) is 27.0. The zero-order valence-corrected chi connectivity index (χ0v) is 27.0. The largest absolute Gasteiger partial charge is 0.416 e. The lowest BCUT2D eigenvalue weighted by Crippen LogP contribution is -2.42. The molecule has 246 valence electrons. The molecular weight excluding hydrogens is 595 g/mol. The number of pyridine rings is 2. The average Bonchev–Trinajstić information content (AvgIpc) is 3.04. The highest BCUT2D eigenvalue weighted by atomic mass is 19.4. The molecule has 0 saturated carbocycles. The number of amidine groups is 1. The van der Waals surface area contributed by atoms with Crippen LogP contribution >= 0.6 is 0 Å². The van der Waals surface area contributed by atoms with Crippen molar-refractivity contribution in [1.29, 1.82) is 0 Å². The Morgan fingerprint density at radius 1 is 1.17 bits per heavy atom. The summed E-state index contributed by atoms with van der Waals surface area (Å²) in [7, 11) is 0. The molecule has 2 atom stereocenters. The first-order valence-electron chi connectivity index (χ1n) is 15.6. The maximum absolute atomic E-state index is 13.2. The second-order valence-electron chi connectivity index (χ2n) is 12.0. The monoisotopic (exact) mass is 637 g/mol. The number of nitrogens with zero attached hydrogens (tertiary/aromatic N) is 5. The highest BCUT2D eigenvalue weighted by Crippen LogP contribution is 2.39. The fourth-order valence-corrected chi connectivity index (χ4v) is 5.83. The van der Waals surface area contributed by atoms with Crippen LogP contribution in [-0.4, -0.2) is 50.5 Å². The van der Waals surface area contributed by atoms with Gasteiger partial charge >= 0.3 is 6.18 Å². The summed E-state index contributed by atoms with van der Waals surface area (Å²) < 4.78 is 39.6. The standard InChI is InChI=1S/C34H42F3N7O2/c1-7-21(5)30(31-32(38)40-13-15-44(31)22(6)23-10-9-14-43(19-23)29(45)8-2)26-18-41-27(17-25(26)20(3)4)33(46)42-28-16-24(11-12-39-28)34(35,36)37/h11-13,15-18,20-21,23H,6-10,14,19H2,1-5H3,(H2,38,40)(H,39,42,46)/b31-30+. The van der Waals surface area contributed by atoms with Gasteiger partial charge in [-0.2, -0.15) is 13.2 Å². The molecule has 46 heavy (non-hydrogen) atoms. The summed E-state index contributed by atoms with van der Waals surface area (Å²) in [4.78, 5) is 42.3. The van der Waals surface area contributed by atoms with Crippen molar-refractivity contribution in [3.8, 4) is 0 Å². The number of halogens is 3. The maximum atomic E-state index is 13.2. The lowest BCUT2D eigenvalue weighted by atomic mass is 9.84. The number of carbonyl (C=O) groups is 2. The van der Waals surface area contributed by atoms with Crippen LogP contribution in [-0.2, 0) is 11.0 Å². The van der Waals surface area contributed by atoms with Crippen LogP contribution in [0.2, 0.25) is 0 Å². The van der Waals surface area contributed by atoms with Crippen molar-refractivity contribution >= 4 is 29.0 Å². The Hall–Kier alpha value is -4.48. The number of hydrogen-bond donors (Lipinski definition) is 2. The molecule has 0 bridgehead atoms. The van der Waals surface area contributed by atoms with E-state index in [2.05, 4.69) is 40.7 Å². The molecule has 0 aliphatic carbocycles. The summed E-state index contributed by atoms with van der Waals surface area (Å²) in [5.41, 5.74) is 9.70. The fraction of sp³-hybridized carbons (Fsp3) is 0.441. The first kappa shape index (κ1) is 34.4. The quantitative estimate of drug-likeness (QED) is 0.308. The molecule has 2 aliphatic rings. The molecule has 1 fully saturated rings. The Kier molecular flexibility index (Phi) is 10.7. The molecule has 4 rings (SSSR count). The number of alkyl halides is 3. The number of amides is 2. The Morgan fingerprint density at radius 3 is 2.57 bits per heavy atom. The topological polar surface area (TPSA) is 117 Å². The van der Waals surface area contributed by atoms with E-state index in [9.17, 15) is 22.8 Å². The van der Waals surface area contributed by atoms with Crippen LogP contribution in [0.15, 0.2) is 66.0 Å². The smallest absolute Gasteiger partial charge is 0.382 e. The number of aliphatic imine (C=N–C) groups is 1. The van der Waals surface area contributed by atoms with Gasteiger partial charge in [-0.15, -0.1) is 0 Å². The van der Waals surface area contributed by atoms with E-state index in [1.165, 1.54) is 0 Å². The summed E-state index contributed by atoms with van der Waals surface area (Å²) in [5, 5.41) is 2.44. The van der Waals surface area contributed by atoms with Crippen molar-refractivity contribution in [3.63, 3.8) is 0 Å². The molecule has 2 aliphatic heterocycles. The van der Waals surface area contributed by atoms with Gasteiger partial charge in [-0.1, -0.05) is 41.2 Å². The number of nitrogens with one attached hydrogen (secondary N) is 1. The molecule has 0 radical (unpaired) electrons. The van der Waals surface area contributed by atoms with E-state index < -0.39 is 17.6 Å². The van der Waals surface area contributed by atoms with E-state index in [-0.39, 0.29) is 35.2 Å². The first-order valence-corrected chi connectivity index (χ1v) is 15.6. The Morgan fingerprint density at radius 2 is 1.91 bits per heavy atom. The van der Waals surface area contributed by atoms with Gasteiger partial charge in [0.2, 0.25) is 5.91 Å². The number of piperidine rings is 1. The third-order valence-corrected chi connectivity index (χ3v) is 8.54. The number of anilines is 1. The summed E-state index contributed by atoms with van der Waals surface area (Å²) in [6, 6.07) is 3.28. The van der Waals surface area contributed by atoms with Crippen molar-refractivity contribution in [2.75, 3.05) is 18.4 Å². The number of carbonyl (C=O) groups excluding carboxylic acids is 2. The molecule has 2 amide bonds. The minimum atomic E-state index is -4.57. The molecule has 0 spiro atoms. The Labute approximate surface area is 268 Å².